The molecule has 4 heteroatoms. The molecule has 3 nitrogen and oxygen atoms in total. The molecule has 0 atom stereocenters. The zero-order chi connectivity index (χ0) is 12.4. The third kappa shape index (κ3) is 2.92. The van der Waals surface area contributed by atoms with Gasteiger partial charge in [0.05, 0.1) is 12.2 Å². The predicted octanol–water partition coefficient (Wildman–Crippen LogP) is 2.84. The van der Waals surface area contributed by atoms with E-state index < -0.39 is 0 Å². The molecule has 0 bridgehead atoms. The highest BCUT2D eigenvalue weighted by atomic mass is 35.5. The molecule has 1 aromatic heterocycles. The summed E-state index contributed by atoms with van der Waals surface area (Å²) in [6, 6.07) is 10.7. The van der Waals surface area contributed by atoms with Crippen LogP contribution >= 0.6 is 11.6 Å². The first-order valence-electron chi connectivity index (χ1n) is 6.30. The van der Waals surface area contributed by atoms with Gasteiger partial charge >= 0.3 is 0 Å². The quantitative estimate of drug-likeness (QED) is 0.897. The molecule has 1 aliphatic rings. The minimum Gasteiger partial charge on any atom is -0.308 e. The molecule has 0 aliphatic heterocycles. The number of halogens is 1. The van der Waals surface area contributed by atoms with E-state index >= 15 is 0 Å². The Morgan fingerprint density at radius 1 is 1.22 bits per heavy atom. The average Bonchev–Trinajstić information content (AvgIpc) is 3.11. The fourth-order valence-corrected chi connectivity index (χ4v) is 2.08. The van der Waals surface area contributed by atoms with E-state index in [-0.39, 0.29) is 0 Å². The predicted molar refractivity (Wildman–Crippen MR) is 72.6 cm³/mol. The number of hydrogen-bond acceptors (Lipinski definition) is 2. The van der Waals surface area contributed by atoms with Gasteiger partial charge in [0.25, 0.3) is 0 Å². The standard InChI is InChI=1S/C14H16ClN3/c15-12-3-1-11(2-4-12)10-18-14(7-8-17-18)9-16-13-5-6-13/h1-4,7-8,13,16H,5-6,9-10H2. The minimum absolute atomic E-state index is 0.726. The molecular formula is C14H16ClN3. The zero-order valence-electron chi connectivity index (χ0n) is 10.1. The van der Waals surface area contributed by atoms with Gasteiger partial charge in [-0.15, -0.1) is 0 Å². The van der Waals surface area contributed by atoms with E-state index in [0.29, 0.717) is 0 Å². The van der Waals surface area contributed by atoms with Gasteiger partial charge in [-0.25, -0.2) is 0 Å². The molecule has 1 heterocycles. The van der Waals surface area contributed by atoms with Crippen molar-refractivity contribution >= 4 is 11.6 Å². The van der Waals surface area contributed by atoms with Gasteiger partial charge in [-0.05, 0) is 36.6 Å². The van der Waals surface area contributed by atoms with E-state index in [0.717, 1.165) is 24.2 Å². The van der Waals surface area contributed by atoms with E-state index in [2.05, 4.69) is 16.5 Å². The number of hydrogen-bond donors (Lipinski definition) is 1. The van der Waals surface area contributed by atoms with Crippen molar-refractivity contribution in [2.75, 3.05) is 0 Å². The molecular weight excluding hydrogens is 246 g/mol. The van der Waals surface area contributed by atoms with E-state index in [4.69, 9.17) is 11.6 Å². The molecule has 1 fully saturated rings. The molecule has 0 saturated heterocycles. The maximum Gasteiger partial charge on any atom is 0.0663 e. The second-order valence-electron chi connectivity index (χ2n) is 4.76. The number of nitrogens with one attached hydrogen (secondary N) is 1. The average molecular weight is 262 g/mol. The van der Waals surface area contributed by atoms with Gasteiger partial charge in [0.2, 0.25) is 0 Å². The molecule has 94 valence electrons. The summed E-state index contributed by atoms with van der Waals surface area (Å²) in [5.74, 6) is 0. The summed E-state index contributed by atoms with van der Waals surface area (Å²) in [5, 5.41) is 8.66. The summed E-state index contributed by atoms with van der Waals surface area (Å²) in [5.41, 5.74) is 2.45. The highest BCUT2D eigenvalue weighted by molar-refractivity contribution is 6.30. The van der Waals surface area contributed by atoms with Crippen LogP contribution in [-0.2, 0) is 13.1 Å². The van der Waals surface area contributed by atoms with Crippen molar-refractivity contribution in [2.45, 2.75) is 32.0 Å². The van der Waals surface area contributed by atoms with E-state index in [1.54, 1.807) is 0 Å². The second-order valence-corrected chi connectivity index (χ2v) is 5.20. The lowest BCUT2D eigenvalue weighted by Crippen LogP contribution is -2.18. The largest absolute Gasteiger partial charge is 0.308 e. The number of rotatable bonds is 5. The van der Waals surface area contributed by atoms with Crippen LogP contribution in [0.2, 0.25) is 5.02 Å². The maximum atomic E-state index is 5.88. The summed E-state index contributed by atoms with van der Waals surface area (Å²) in [6.07, 6.45) is 4.48. The summed E-state index contributed by atoms with van der Waals surface area (Å²) in [7, 11) is 0. The van der Waals surface area contributed by atoms with Crippen LogP contribution in [0.1, 0.15) is 24.1 Å². The van der Waals surface area contributed by atoms with Crippen LogP contribution in [0.3, 0.4) is 0 Å². The van der Waals surface area contributed by atoms with Gasteiger partial charge in [-0.1, -0.05) is 23.7 Å². The van der Waals surface area contributed by atoms with Gasteiger partial charge in [0.1, 0.15) is 0 Å². The lowest BCUT2D eigenvalue weighted by molar-refractivity contribution is 0.593. The van der Waals surface area contributed by atoms with Gasteiger partial charge in [0.15, 0.2) is 0 Å². The molecule has 0 spiro atoms. The monoisotopic (exact) mass is 261 g/mol. The van der Waals surface area contributed by atoms with Crippen molar-refractivity contribution in [1.82, 2.24) is 15.1 Å². The Balaban J connectivity index is 1.67. The van der Waals surface area contributed by atoms with Crippen molar-refractivity contribution in [3.8, 4) is 0 Å². The van der Waals surface area contributed by atoms with E-state index in [1.807, 2.05) is 35.1 Å². The molecule has 1 saturated carbocycles. The molecule has 0 unspecified atom stereocenters. The van der Waals surface area contributed by atoms with Crippen molar-refractivity contribution in [2.24, 2.45) is 0 Å². The van der Waals surface area contributed by atoms with Crippen molar-refractivity contribution in [3.05, 3.63) is 52.8 Å². The fraction of sp³-hybridized carbons (Fsp3) is 0.357. The van der Waals surface area contributed by atoms with Crippen LogP contribution in [0.25, 0.3) is 0 Å². The van der Waals surface area contributed by atoms with Crippen LogP contribution in [0.15, 0.2) is 36.5 Å². The molecule has 0 amide bonds. The zero-order valence-corrected chi connectivity index (χ0v) is 10.9. The Morgan fingerprint density at radius 2 is 2.00 bits per heavy atom. The number of benzene rings is 1. The molecule has 1 aliphatic carbocycles. The molecule has 18 heavy (non-hydrogen) atoms. The topological polar surface area (TPSA) is 29.9 Å². The molecule has 1 N–H and O–H groups in total. The SMILES string of the molecule is Clc1ccc(Cn2nccc2CNC2CC2)cc1. The van der Waals surface area contributed by atoms with Crippen LogP contribution in [0, 0.1) is 0 Å². The maximum absolute atomic E-state index is 5.88. The number of aromatic nitrogens is 2. The first-order chi connectivity index (χ1) is 8.81. The van der Waals surface area contributed by atoms with Crippen LogP contribution in [-0.4, -0.2) is 15.8 Å². The summed E-state index contributed by atoms with van der Waals surface area (Å²) < 4.78 is 2.04. The highest BCUT2D eigenvalue weighted by Gasteiger charge is 2.20. The lowest BCUT2D eigenvalue weighted by atomic mass is 10.2. The Kier molecular flexibility index (Phi) is 3.35. The summed E-state index contributed by atoms with van der Waals surface area (Å²) >= 11 is 5.88. The van der Waals surface area contributed by atoms with Gasteiger partial charge in [0, 0.05) is 23.8 Å². The third-order valence-electron chi connectivity index (χ3n) is 3.20. The van der Waals surface area contributed by atoms with E-state index in [9.17, 15) is 0 Å². The minimum atomic E-state index is 0.726. The lowest BCUT2D eigenvalue weighted by Gasteiger charge is -2.08. The first kappa shape index (κ1) is 11.8. The van der Waals surface area contributed by atoms with Gasteiger partial charge in [-0.3, -0.25) is 4.68 Å². The normalized spacial score (nSPS) is 14.9. The Labute approximate surface area is 112 Å². The summed E-state index contributed by atoms with van der Waals surface area (Å²) in [6.45, 7) is 1.70. The van der Waals surface area contributed by atoms with Crippen LogP contribution in [0.4, 0.5) is 0 Å². The van der Waals surface area contributed by atoms with Gasteiger partial charge < -0.3 is 5.32 Å². The van der Waals surface area contributed by atoms with Crippen LogP contribution in [0.5, 0.6) is 0 Å². The van der Waals surface area contributed by atoms with Crippen molar-refractivity contribution in [3.63, 3.8) is 0 Å². The van der Waals surface area contributed by atoms with Crippen molar-refractivity contribution < 1.29 is 0 Å². The second kappa shape index (κ2) is 5.12. The highest BCUT2D eigenvalue weighted by Crippen LogP contribution is 2.19. The molecule has 3 rings (SSSR count). The Hall–Kier alpha value is -1.32. The smallest absolute Gasteiger partial charge is 0.0663 e. The van der Waals surface area contributed by atoms with Crippen LogP contribution < -0.4 is 5.32 Å². The summed E-state index contributed by atoms with van der Waals surface area (Å²) in [4.78, 5) is 0. The first-order valence-corrected chi connectivity index (χ1v) is 6.67. The number of nitrogens with zero attached hydrogens (tertiary/aromatic N) is 2. The van der Waals surface area contributed by atoms with Crippen molar-refractivity contribution in [1.29, 1.82) is 0 Å². The molecule has 1 aromatic carbocycles. The van der Waals surface area contributed by atoms with E-state index in [1.165, 1.54) is 24.1 Å². The Bertz CT molecular complexity index is 514. The molecule has 2 aromatic rings. The Morgan fingerprint density at radius 3 is 2.72 bits per heavy atom. The molecule has 0 radical (unpaired) electrons. The van der Waals surface area contributed by atoms with Gasteiger partial charge in [-0.2, -0.15) is 5.10 Å². The third-order valence-corrected chi connectivity index (χ3v) is 3.45. The fourth-order valence-electron chi connectivity index (χ4n) is 1.95.